The third-order valence-electron chi connectivity index (χ3n) is 2.58. The predicted octanol–water partition coefficient (Wildman–Crippen LogP) is 2.56. The largest absolute Gasteiger partial charge is 0.325 e. The fourth-order valence-corrected chi connectivity index (χ4v) is 1.43. The van der Waals surface area contributed by atoms with E-state index in [1.54, 1.807) is 32.0 Å². The van der Waals surface area contributed by atoms with E-state index in [1.807, 2.05) is 6.07 Å². The monoisotopic (exact) mass is 256 g/mol. The summed E-state index contributed by atoms with van der Waals surface area (Å²) in [6, 6.07) is 6.85. The van der Waals surface area contributed by atoms with Crippen molar-refractivity contribution in [2.45, 2.75) is 20.3 Å². The summed E-state index contributed by atoms with van der Waals surface area (Å²) in [5.41, 5.74) is 1.63. The van der Waals surface area contributed by atoms with Crippen molar-refractivity contribution < 1.29 is 4.79 Å². The lowest BCUT2D eigenvalue weighted by molar-refractivity contribution is -0.118. The molecule has 1 aromatic carbocycles. The van der Waals surface area contributed by atoms with Gasteiger partial charge in [-0.15, -0.1) is 0 Å². The summed E-state index contributed by atoms with van der Waals surface area (Å²) in [6.45, 7) is 3.55. The molecular weight excluding hydrogens is 240 g/mol. The van der Waals surface area contributed by atoms with Gasteiger partial charge in [0, 0.05) is 24.3 Å². The molecule has 0 aromatic heterocycles. The van der Waals surface area contributed by atoms with Crippen LogP contribution in [0.2, 0.25) is 0 Å². The third-order valence-corrected chi connectivity index (χ3v) is 2.58. The molecule has 1 rings (SSSR count). The van der Waals surface area contributed by atoms with Crippen molar-refractivity contribution in [3.05, 3.63) is 29.3 Å². The normalized spacial score (nSPS) is 9.79. The Balaban J connectivity index is 3.04. The average molecular weight is 256 g/mol. The van der Waals surface area contributed by atoms with Gasteiger partial charge in [0.1, 0.15) is 6.07 Å². The minimum Gasteiger partial charge on any atom is -0.325 e. The van der Waals surface area contributed by atoms with Gasteiger partial charge in [-0.3, -0.25) is 4.79 Å². The van der Waals surface area contributed by atoms with Crippen molar-refractivity contribution >= 4 is 23.5 Å². The van der Waals surface area contributed by atoms with Crippen LogP contribution < -0.4 is 5.32 Å². The summed E-state index contributed by atoms with van der Waals surface area (Å²) in [7, 11) is 0. The second-order valence-electron chi connectivity index (χ2n) is 4.40. The molecule has 1 aromatic rings. The highest BCUT2D eigenvalue weighted by Gasteiger charge is 2.11. The Hall–Kier alpha value is -2.48. The maximum absolute atomic E-state index is 11.6. The fourth-order valence-electron chi connectivity index (χ4n) is 1.43. The van der Waals surface area contributed by atoms with Crippen molar-refractivity contribution in [2.75, 3.05) is 5.32 Å². The Kier molecular flexibility index (Phi) is 4.95. The van der Waals surface area contributed by atoms with Crippen LogP contribution in [0.4, 0.5) is 5.69 Å². The van der Waals surface area contributed by atoms with Gasteiger partial charge in [-0.2, -0.15) is 5.26 Å². The van der Waals surface area contributed by atoms with Gasteiger partial charge in [0.25, 0.3) is 0 Å². The number of anilines is 1. The quantitative estimate of drug-likeness (QED) is 0.705. The van der Waals surface area contributed by atoms with Crippen LogP contribution in [0.5, 0.6) is 0 Å². The molecular formula is C14H16N4O. The van der Waals surface area contributed by atoms with Crippen molar-refractivity contribution in [3.63, 3.8) is 0 Å². The van der Waals surface area contributed by atoms with Crippen molar-refractivity contribution in [1.29, 1.82) is 16.1 Å². The first-order valence-electron chi connectivity index (χ1n) is 5.91. The maximum Gasteiger partial charge on any atom is 0.226 e. The summed E-state index contributed by atoms with van der Waals surface area (Å²) >= 11 is 0. The number of nitriles is 1. The van der Waals surface area contributed by atoms with Crippen molar-refractivity contribution in [1.82, 2.24) is 0 Å². The molecule has 19 heavy (non-hydrogen) atoms. The summed E-state index contributed by atoms with van der Waals surface area (Å²) in [5.74, 6) is -0.318. The van der Waals surface area contributed by atoms with E-state index in [-0.39, 0.29) is 24.0 Å². The molecule has 0 aliphatic rings. The van der Waals surface area contributed by atoms with Crippen LogP contribution in [0, 0.1) is 28.1 Å². The van der Waals surface area contributed by atoms with Gasteiger partial charge in [-0.1, -0.05) is 19.9 Å². The Morgan fingerprint density at radius 2 is 2.21 bits per heavy atom. The summed E-state index contributed by atoms with van der Waals surface area (Å²) in [6.07, 6.45) is 1.37. The second-order valence-corrected chi connectivity index (χ2v) is 4.40. The van der Waals surface area contributed by atoms with Gasteiger partial charge < -0.3 is 16.1 Å². The standard InChI is InChI=1S/C14H16N4O/c1-9(2)14(19)18-13-4-3-10(7-11(13)8-16)12(17)5-6-15/h3-4,6-7,9,15,17H,5H2,1-2H3,(H,18,19). The van der Waals surface area contributed by atoms with Crippen molar-refractivity contribution in [2.24, 2.45) is 5.92 Å². The number of nitrogens with zero attached hydrogens (tertiary/aromatic N) is 1. The van der Waals surface area contributed by atoms with Crippen LogP contribution in [0.3, 0.4) is 0 Å². The van der Waals surface area contributed by atoms with E-state index in [2.05, 4.69) is 5.32 Å². The number of rotatable bonds is 5. The number of benzene rings is 1. The van der Waals surface area contributed by atoms with Crippen LogP contribution in [0.1, 0.15) is 31.4 Å². The van der Waals surface area contributed by atoms with E-state index in [0.717, 1.165) is 6.21 Å². The average Bonchev–Trinajstić information content (AvgIpc) is 2.39. The zero-order valence-electron chi connectivity index (χ0n) is 10.9. The molecule has 0 spiro atoms. The van der Waals surface area contributed by atoms with E-state index >= 15 is 0 Å². The number of carbonyl (C=O) groups is 1. The van der Waals surface area contributed by atoms with Crippen molar-refractivity contribution in [3.8, 4) is 6.07 Å². The van der Waals surface area contributed by atoms with Gasteiger partial charge >= 0.3 is 0 Å². The topological polar surface area (TPSA) is 101 Å². The molecule has 0 saturated heterocycles. The highest BCUT2D eigenvalue weighted by molar-refractivity contribution is 6.05. The SMILES string of the molecule is CC(C)C(=O)Nc1ccc(C(=N)CC=N)cc1C#N. The zero-order chi connectivity index (χ0) is 14.4. The predicted molar refractivity (Wildman–Crippen MR) is 74.9 cm³/mol. The van der Waals surface area contributed by atoms with Crippen LogP contribution in [-0.4, -0.2) is 17.8 Å². The number of carbonyl (C=O) groups excluding carboxylic acids is 1. The lowest BCUT2D eigenvalue weighted by atomic mass is 10.0. The molecule has 0 atom stereocenters. The van der Waals surface area contributed by atoms with E-state index in [1.165, 1.54) is 0 Å². The summed E-state index contributed by atoms with van der Waals surface area (Å²) in [5, 5.41) is 26.5. The fraction of sp³-hybridized carbons (Fsp3) is 0.286. The highest BCUT2D eigenvalue weighted by Crippen LogP contribution is 2.18. The molecule has 5 heteroatoms. The van der Waals surface area contributed by atoms with E-state index in [0.29, 0.717) is 16.8 Å². The highest BCUT2D eigenvalue weighted by atomic mass is 16.1. The first-order chi connectivity index (χ1) is 8.99. The first-order valence-corrected chi connectivity index (χ1v) is 5.91. The third kappa shape index (κ3) is 3.75. The molecule has 0 heterocycles. The first kappa shape index (κ1) is 14.6. The van der Waals surface area contributed by atoms with Gasteiger partial charge in [0.05, 0.1) is 11.3 Å². The molecule has 0 bridgehead atoms. The zero-order valence-corrected chi connectivity index (χ0v) is 10.9. The van der Waals surface area contributed by atoms with Crippen LogP contribution >= 0.6 is 0 Å². The molecule has 0 radical (unpaired) electrons. The number of nitrogens with one attached hydrogen (secondary N) is 3. The molecule has 0 unspecified atom stereocenters. The smallest absolute Gasteiger partial charge is 0.226 e. The number of hydrogen-bond donors (Lipinski definition) is 3. The molecule has 98 valence electrons. The van der Waals surface area contributed by atoms with Gasteiger partial charge in [-0.25, -0.2) is 0 Å². The Morgan fingerprint density at radius 3 is 2.74 bits per heavy atom. The molecule has 3 N–H and O–H groups in total. The minimum atomic E-state index is -0.164. The van der Waals surface area contributed by atoms with Gasteiger partial charge in [-0.05, 0) is 17.7 Å². The lowest BCUT2D eigenvalue weighted by Crippen LogP contribution is -2.18. The maximum atomic E-state index is 11.6. The summed E-state index contributed by atoms with van der Waals surface area (Å²) in [4.78, 5) is 11.6. The lowest BCUT2D eigenvalue weighted by Gasteiger charge is -2.10. The second kappa shape index (κ2) is 6.45. The summed E-state index contributed by atoms with van der Waals surface area (Å²) < 4.78 is 0. The Labute approximate surface area is 112 Å². The Bertz CT molecular complexity index is 555. The molecule has 0 aliphatic heterocycles. The van der Waals surface area contributed by atoms with E-state index in [4.69, 9.17) is 16.1 Å². The molecule has 0 saturated carbocycles. The van der Waals surface area contributed by atoms with E-state index < -0.39 is 0 Å². The van der Waals surface area contributed by atoms with Gasteiger partial charge in [0.15, 0.2) is 0 Å². The molecule has 5 nitrogen and oxygen atoms in total. The van der Waals surface area contributed by atoms with Crippen LogP contribution in [0.25, 0.3) is 0 Å². The van der Waals surface area contributed by atoms with E-state index in [9.17, 15) is 4.79 Å². The Morgan fingerprint density at radius 1 is 1.53 bits per heavy atom. The molecule has 0 fully saturated rings. The molecule has 0 aliphatic carbocycles. The van der Waals surface area contributed by atoms with Crippen LogP contribution in [0.15, 0.2) is 18.2 Å². The minimum absolute atomic E-state index is 0.154. The van der Waals surface area contributed by atoms with Crippen LogP contribution in [-0.2, 0) is 4.79 Å². The number of amides is 1. The number of hydrogen-bond acceptors (Lipinski definition) is 4. The molecule has 1 amide bonds. The van der Waals surface area contributed by atoms with Gasteiger partial charge in [0.2, 0.25) is 5.91 Å².